The maximum atomic E-state index is 12.2. The Hall–Kier alpha value is -1.07. The van der Waals surface area contributed by atoms with Gasteiger partial charge in [0.2, 0.25) is 0 Å². The lowest BCUT2D eigenvalue weighted by atomic mass is 10.2. The van der Waals surface area contributed by atoms with Crippen LogP contribution in [0.1, 0.15) is 18.4 Å². The third-order valence-electron chi connectivity index (χ3n) is 3.14. The highest BCUT2D eigenvalue weighted by Gasteiger charge is 2.20. The molecule has 104 valence electrons. The average Bonchev–Trinajstić information content (AvgIpc) is 2.90. The second-order valence-corrected chi connectivity index (χ2v) is 6.49. The van der Waals surface area contributed by atoms with E-state index >= 15 is 0 Å². The first kappa shape index (κ1) is 14.3. The summed E-state index contributed by atoms with van der Waals surface area (Å²) in [6, 6.07) is 6.67. The van der Waals surface area contributed by atoms with E-state index in [1.54, 1.807) is 24.3 Å². The predicted molar refractivity (Wildman–Crippen MR) is 77.3 cm³/mol. The highest BCUT2D eigenvalue weighted by Crippen LogP contribution is 2.16. The van der Waals surface area contributed by atoms with Gasteiger partial charge in [0.1, 0.15) is 5.84 Å². The van der Waals surface area contributed by atoms with E-state index in [2.05, 4.69) is 4.40 Å². The maximum Gasteiger partial charge on any atom is 0.283 e. The molecule has 0 radical (unpaired) electrons. The van der Waals surface area contributed by atoms with E-state index < -0.39 is 10.0 Å². The minimum atomic E-state index is -3.66. The van der Waals surface area contributed by atoms with Crippen molar-refractivity contribution < 1.29 is 8.42 Å². The van der Waals surface area contributed by atoms with Gasteiger partial charge in [-0.3, -0.25) is 0 Å². The van der Waals surface area contributed by atoms with E-state index in [4.69, 9.17) is 11.6 Å². The number of likely N-dealkylation sites (tertiary alicyclic amines) is 1. The quantitative estimate of drug-likeness (QED) is 0.489. The number of alkyl halides is 1. The normalized spacial score (nSPS) is 16.9. The van der Waals surface area contributed by atoms with Gasteiger partial charge in [-0.25, -0.2) is 0 Å². The van der Waals surface area contributed by atoms with E-state index in [0.29, 0.717) is 5.84 Å². The highest BCUT2D eigenvalue weighted by molar-refractivity contribution is 7.90. The molecular weight excluding hydrogens is 284 g/mol. The number of rotatable bonds is 3. The Bertz CT molecular complexity index is 561. The van der Waals surface area contributed by atoms with E-state index in [1.165, 1.54) is 0 Å². The van der Waals surface area contributed by atoms with Gasteiger partial charge in [-0.1, -0.05) is 17.7 Å². The van der Waals surface area contributed by atoms with Crippen LogP contribution in [0.3, 0.4) is 0 Å². The van der Waals surface area contributed by atoms with Crippen molar-refractivity contribution in [1.82, 2.24) is 4.90 Å². The van der Waals surface area contributed by atoms with Gasteiger partial charge in [0.05, 0.1) is 10.8 Å². The first-order chi connectivity index (χ1) is 9.03. The summed E-state index contributed by atoms with van der Waals surface area (Å²) in [6.45, 7) is 3.57. The topological polar surface area (TPSA) is 49.7 Å². The molecule has 0 aliphatic carbocycles. The molecule has 1 aromatic carbocycles. The SMILES string of the molecule is Cc1ccc(S(=O)(=O)N=C(CCl)N2CCCC2)cc1. The smallest absolute Gasteiger partial charge is 0.283 e. The molecule has 0 unspecified atom stereocenters. The van der Waals surface area contributed by atoms with Crippen LogP contribution in [-0.2, 0) is 10.0 Å². The molecule has 1 aliphatic heterocycles. The summed E-state index contributed by atoms with van der Waals surface area (Å²) in [6.07, 6.45) is 2.11. The Labute approximate surface area is 119 Å². The number of sulfonamides is 1. The zero-order valence-corrected chi connectivity index (χ0v) is 12.4. The molecular formula is C13H17ClN2O2S. The van der Waals surface area contributed by atoms with Crippen LogP contribution >= 0.6 is 11.6 Å². The van der Waals surface area contributed by atoms with Gasteiger partial charge in [-0.15, -0.1) is 16.0 Å². The second kappa shape index (κ2) is 5.92. The number of nitrogens with zero attached hydrogens (tertiary/aromatic N) is 2. The molecule has 0 N–H and O–H groups in total. The number of hydrogen-bond acceptors (Lipinski definition) is 2. The number of aryl methyl sites for hydroxylation is 1. The molecule has 0 spiro atoms. The standard InChI is InChI=1S/C13H17ClN2O2S/c1-11-4-6-12(7-5-11)19(17,18)15-13(10-14)16-8-2-3-9-16/h4-7H,2-3,8-10H2,1H3. The minimum Gasteiger partial charge on any atom is -0.358 e. The molecule has 1 aromatic rings. The lowest BCUT2D eigenvalue weighted by molar-refractivity contribution is 0.516. The Kier molecular flexibility index (Phi) is 4.47. The average molecular weight is 301 g/mol. The van der Waals surface area contributed by atoms with Crippen molar-refractivity contribution in [2.45, 2.75) is 24.7 Å². The van der Waals surface area contributed by atoms with Crippen molar-refractivity contribution in [1.29, 1.82) is 0 Å². The molecule has 1 fully saturated rings. The van der Waals surface area contributed by atoms with Crippen LogP contribution in [-0.4, -0.2) is 38.1 Å². The van der Waals surface area contributed by atoms with Gasteiger partial charge in [0.15, 0.2) is 0 Å². The van der Waals surface area contributed by atoms with Gasteiger partial charge in [0.25, 0.3) is 10.0 Å². The Morgan fingerprint density at radius 3 is 2.37 bits per heavy atom. The third-order valence-corrected chi connectivity index (χ3v) is 4.69. The van der Waals surface area contributed by atoms with E-state index in [9.17, 15) is 8.42 Å². The number of hydrogen-bond donors (Lipinski definition) is 0. The van der Waals surface area contributed by atoms with Gasteiger partial charge in [-0.05, 0) is 31.9 Å². The van der Waals surface area contributed by atoms with Crippen molar-refractivity contribution in [3.63, 3.8) is 0 Å². The van der Waals surface area contributed by atoms with Gasteiger partial charge in [-0.2, -0.15) is 8.42 Å². The predicted octanol–water partition coefficient (Wildman–Crippen LogP) is 2.42. The van der Waals surface area contributed by atoms with Gasteiger partial charge < -0.3 is 4.90 Å². The van der Waals surface area contributed by atoms with Crippen LogP contribution in [0, 0.1) is 6.92 Å². The lowest BCUT2D eigenvalue weighted by Crippen LogP contribution is -2.30. The van der Waals surface area contributed by atoms with Crippen molar-refractivity contribution >= 4 is 27.5 Å². The van der Waals surface area contributed by atoms with Crippen LogP contribution in [0.4, 0.5) is 0 Å². The number of amidine groups is 1. The van der Waals surface area contributed by atoms with E-state index in [1.807, 2.05) is 11.8 Å². The van der Waals surface area contributed by atoms with Gasteiger partial charge in [0, 0.05) is 13.1 Å². The molecule has 0 aromatic heterocycles. The zero-order valence-electron chi connectivity index (χ0n) is 10.8. The van der Waals surface area contributed by atoms with Crippen molar-refractivity contribution in [2.75, 3.05) is 19.0 Å². The fraction of sp³-hybridized carbons (Fsp3) is 0.462. The molecule has 1 heterocycles. The van der Waals surface area contributed by atoms with E-state index in [0.717, 1.165) is 31.5 Å². The molecule has 6 heteroatoms. The second-order valence-electron chi connectivity index (χ2n) is 4.62. The zero-order chi connectivity index (χ0) is 13.9. The summed E-state index contributed by atoms with van der Waals surface area (Å²) in [5, 5.41) is 0. The molecule has 0 saturated carbocycles. The molecule has 2 rings (SSSR count). The summed E-state index contributed by atoms with van der Waals surface area (Å²) in [7, 11) is -3.66. The van der Waals surface area contributed by atoms with Gasteiger partial charge >= 0.3 is 0 Å². The molecule has 1 aliphatic rings. The van der Waals surface area contributed by atoms with Crippen LogP contribution in [0.25, 0.3) is 0 Å². The molecule has 0 bridgehead atoms. The van der Waals surface area contributed by atoms with Crippen molar-refractivity contribution in [2.24, 2.45) is 4.40 Å². The Morgan fingerprint density at radius 2 is 1.84 bits per heavy atom. The van der Waals surface area contributed by atoms with Crippen LogP contribution in [0.2, 0.25) is 0 Å². The Balaban J connectivity index is 2.30. The maximum absolute atomic E-state index is 12.2. The molecule has 4 nitrogen and oxygen atoms in total. The van der Waals surface area contributed by atoms with Crippen LogP contribution in [0.15, 0.2) is 33.6 Å². The fourth-order valence-corrected chi connectivity index (χ4v) is 3.39. The van der Waals surface area contributed by atoms with Crippen LogP contribution in [0.5, 0.6) is 0 Å². The summed E-state index contributed by atoms with van der Waals surface area (Å²) in [4.78, 5) is 2.15. The summed E-state index contributed by atoms with van der Waals surface area (Å²) >= 11 is 5.83. The lowest BCUT2D eigenvalue weighted by Gasteiger charge is -2.17. The first-order valence-corrected chi connectivity index (χ1v) is 8.22. The number of halogens is 1. The molecule has 0 atom stereocenters. The first-order valence-electron chi connectivity index (χ1n) is 6.24. The van der Waals surface area contributed by atoms with Crippen molar-refractivity contribution in [3.05, 3.63) is 29.8 Å². The van der Waals surface area contributed by atoms with E-state index in [-0.39, 0.29) is 10.8 Å². The van der Waals surface area contributed by atoms with Crippen molar-refractivity contribution in [3.8, 4) is 0 Å². The third kappa shape index (κ3) is 3.48. The fourth-order valence-electron chi connectivity index (χ4n) is 2.04. The minimum absolute atomic E-state index is 0.116. The summed E-state index contributed by atoms with van der Waals surface area (Å²) < 4.78 is 28.3. The summed E-state index contributed by atoms with van der Waals surface area (Å²) in [5.41, 5.74) is 1.01. The molecule has 19 heavy (non-hydrogen) atoms. The monoisotopic (exact) mass is 300 g/mol. The highest BCUT2D eigenvalue weighted by atomic mass is 35.5. The van der Waals surface area contributed by atoms with Crippen LogP contribution < -0.4 is 0 Å². The Morgan fingerprint density at radius 1 is 1.26 bits per heavy atom. The summed E-state index contributed by atoms with van der Waals surface area (Å²) in [5.74, 6) is 0.560. The molecule has 0 amide bonds. The molecule has 1 saturated heterocycles. The largest absolute Gasteiger partial charge is 0.358 e. The number of benzene rings is 1.